The van der Waals surface area contributed by atoms with Gasteiger partial charge in [-0.1, -0.05) is 25.0 Å². The van der Waals surface area contributed by atoms with Gasteiger partial charge in [-0.3, -0.25) is 0 Å². The van der Waals surface area contributed by atoms with Crippen LogP contribution in [0, 0.1) is 0 Å². The predicted octanol–water partition coefficient (Wildman–Crippen LogP) is 4.29. The monoisotopic (exact) mass is 390 g/mol. The van der Waals surface area contributed by atoms with Gasteiger partial charge in [0.05, 0.1) is 14.2 Å². The Morgan fingerprint density at radius 1 is 0.778 bits per heavy atom. The van der Waals surface area contributed by atoms with Crippen molar-refractivity contribution in [3.8, 4) is 11.5 Å². The molecule has 1 aromatic heterocycles. The molecule has 2 rings (SSSR count). The third-order valence-electron chi connectivity index (χ3n) is 4.62. The Hall–Kier alpha value is -1.56. The molecule has 1 heterocycles. The molecule has 0 aliphatic rings. The molecule has 0 aliphatic heterocycles. The molecule has 4 nitrogen and oxygen atoms in total. The second kappa shape index (κ2) is 13.6. The summed E-state index contributed by atoms with van der Waals surface area (Å²) in [5.74, 6) is 1.59. The number of methoxy groups -OCH3 is 2. The smallest absolute Gasteiger partial charge is 0.160 e. The van der Waals surface area contributed by atoms with Gasteiger partial charge in [-0.25, -0.2) is 0 Å². The minimum Gasteiger partial charge on any atom is -0.493 e. The second-order valence-corrected chi connectivity index (χ2v) is 7.72. The number of unbranched alkanes of at least 4 members (excludes halogenated alkanes) is 3. The molecule has 0 saturated carbocycles. The standard InChI is InChI=1S/C22H34N2O2S/c1-25-21-10-9-19(18-22(21)26-2)11-15-23-13-5-3-4-6-14-24-16-12-20-8-7-17-27-20/h7-10,17-18,23-24H,3-6,11-16H2,1-2H3. The van der Waals surface area contributed by atoms with Gasteiger partial charge in [0.2, 0.25) is 0 Å². The normalized spacial score (nSPS) is 10.9. The van der Waals surface area contributed by atoms with E-state index in [-0.39, 0.29) is 0 Å². The Labute approximate surface area is 168 Å². The Morgan fingerprint density at radius 3 is 2.11 bits per heavy atom. The van der Waals surface area contributed by atoms with Gasteiger partial charge >= 0.3 is 0 Å². The molecular formula is C22H34N2O2S. The van der Waals surface area contributed by atoms with Crippen LogP contribution in [-0.2, 0) is 12.8 Å². The first kappa shape index (κ1) is 21.7. The Morgan fingerprint density at radius 2 is 1.48 bits per heavy atom. The molecule has 0 fully saturated rings. The van der Waals surface area contributed by atoms with Crippen LogP contribution in [0.3, 0.4) is 0 Å². The van der Waals surface area contributed by atoms with Crippen molar-refractivity contribution in [1.82, 2.24) is 10.6 Å². The van der Waals surface area contributed by atoms with Gasteiger partial charge in [-0.15, -0.1) is 11.3 Å². The number of nitrogens with one attached hydrogen (secondary N) is 2. The maximum Gasteiger partial charge on any atom is 0.160 e. The number of benzene rings is 1. The van der Waals surface area contributed by atoms with Crippen LogP contribution < -0.4 is 20.1 Å². The van der Waals surface area contributed by atoms with Gasteiger partial charge in [-0.2, -0.15) is 0 Å². The molecule has 0 saturated heterocycles. The SMILES string of the molecule is COc1ccc(CCNCCCCCCNCCc2cccs2)cc1OC. The highest BCUT2D eigenvalue weighted by Crippen LogP contribution is 2.27. The van der Waals surface area contributed by atoms with E-state index in [2.05, 4.69) is 40.3 Å². The zero-order chi connectivity index (χ0) is 19.2. The van der Waals surface area contributed by atoms with Gasteiger partial charge < -0.3 is 20.1 Å². The quantitative estimate of drug-likeness (QED) is 0.445. The van der Waals surface area contributed by atoms with E-state index in [9.17, 15) is 0 Å². The van der Waals surface area contributed by atoms with E-state index in [1.807, 2.05) is 17.4 Å². The fourth-order valence-electron chi connectivity index (χ4n) is 3.04. The van der Waals surface area contributed by atoms with E-state index >= 15 is 0 Å². The molecule has 150 valence electrons. The minimum absolute atomic E-state index is 0.787. The molecule has 0 radical (unpaired) electrons. The highest BCUT2D eigenvalue weighted by molar-refractivity contribution is 7.09. The third kappa shape index (κ3) is 8.78. The van der Waals surface area contributed by atoms with Crippen molar-refractivity contribution >= 4 is 11.3 Å². The molecule has 0 aliphatic carbocycles. The summed E-state index contributed by atoms with van der Waals surface area (Å²) in [4.78, 5) is 1.47. The van der Waals surface area contributed by atoms with Crippen LogP contribution in [0.25, 0.3) is 0 Å². The maximum atomic E-state index is 5.35. The lowest BCUT2D eigenvalue weighted by molar-refractivity contribution is 0.354. The van der Waals surface area contributed by atoms with E-state index in [4.69, 9.17) is 9.47 Å². The van der Waals surface area contributed by atoms with E-state index in [0.29, 0.717) is 0 Å². The minimum atomic E-state index is 0.787. The summed E-state index contributed by atoms with van der Waals surface area (Å²) < 4.78 is 10.6. The van der Waals surface area contributed by atoms with Crippen LogP contribution in [0.2, 0.25) is 0 Å². The molecule has 1 aromatic carbocycles. The van der Waals surface area contributed by atoms with Crippen molar-refractivity contribution in [2.45, 2.75) is 38.5 Å². The van der Waals surface area contributed by atoms with E-state index in [0.717, 1.165) is 50.5 Å². The molecule has 5 heteroatoms. The first-order valence-corrected chi connectivity index (χ1v) is 10.9. The van der Waals surface area contributed by atoms with Crippen molar-refractivity contribution in [1.29, 1.82) is 0 Å². The molecule has 0 unspecified atom stereocenters. The molecule has 0 amide bonds. The molecule has 0 spiro atoms. The van der Waals surface area contributed by atoms with E-state index in [1.54, 1.807) is 14.2 Å². The molecule has 2 aromatic rings. The average Bonchev–Trinajstić information content (AvgIpc) is 3.22. The van der Waals surface area contributed by atoms with Gasteiger partial charge in [0.25, 0.3) is 0 Å². The number of thiophene rings is 1. The highest BCUT2D eigenvalue weighted by Gasteiger charge is 2.04. The Bertz CT molecular complexity index is 617. The van der Waals surface area contributed by atoms with Crippen molar-refractivity contribution in [3.05, 3.63) is 46.2 Å². The first-order valence-electron chi connectivity index (χ1n) is 9.98. The van der Waals surface area contributed by atoms with Crippen LogP contribution in [0.15, 0.2) is 35.7 Å². The summed E-state index contributed by atoms with van der Waals surface area (Å²) in [6, 6.07) is 10.5. The molecule has 0 atom stereocenters. The van der Waals surface area contributed by atoms with Crippen molar-refractivity contribution in [3.63, 3.8) is 0 Å². The predicted molar refractivity (Wildman–Crippen MR) is 115 cm³/mol. The van der Waals surface area contributed by atoms with Crippen LogP contribution >= 0.6 is 11.3 Å². The Balaban J connectivity index is 1.40. The second-order valence-electron chi connectivity index (χ2n) is 6.68. The van der Waals surface area contributed by atoms with Gasteiger partial charge in [0, 0.05) is 4.88 Å². The summed E-state index contributed by atoms with van der Waals surface area (Å²) in [6.07, 6.45) is 7.30. The summed E-state index contributed by atoms with van der Waals surface area (Å²) in [5.41, 5.74) is 1.27. The van der Waals surface area contributed by atoms with Crippen molar-refractivity contribution in [2.75, 3.05) is 40.4 Å². The highest BCUT2D eigenvalue weighted by atomic mass is 32.1. The lowest BCUT2D eigenvalue weighted by atomic mass is 10.1. The average molecular weight is 391 g/mol. The molecule has 27 heavy (non-hydrogen) atoms. The lowest BCUT2D eigenvalue weighted by Crippen LogP contribution is -2.19. The molecule has 0 bridgehead atoms. The summed E-state index contributed by atoms with van der Waals surface area (Å²) >= 11 is 1.85. The number of rotatable bonds is 15. The van der Waals surface area contributed by atoms with Crippen molar-refractivity contribution < 1.29 is 9.47 Å². The Kier molecular flexibility index (Phi) is 10.9. The molecular weight excluding hydrogens is 356 g/mol. The van der Waals surface area contributed by atoms with Gasteiger partial charge in [0.1, 0.15) is 0 Å². The zero-order valence-corrected chi connectivity index (χ0v) is 17.6. The van der Waals surface area contributed by atoms with Crippen LogP contribution in [0.1, 0.15) is 36.1 Å². The third-order valence-corrected chi connectivity index (χ3v) is 5.56. The van der Waals surface area contributed by atoms with Crippen LogP contribution in [0.5, 0.6) is 11.5 Å². The number of ether oxygens (including phenoxy) is 2. The summed E-state index contributed by atoms with van der Waals surface area (Å²) in [6.45, 7) is 4.33. The summed E-state index contributed by atoms with van der Waals surface area (Å²) in [5, 5.41) is 9.23. The van der Waals surface area contributed by atoms with Gasteiger partial charge in [-0.05, 0) is 81.0 Å². The fourth-order valence-corrected chi connectivity index (χ4v) is 3.75. The van der Waals surface area contributed by atoms with Crippen LogP contribution in [-0.4, -0.2) is 40.4 Å². The van der Waals surface area contributed by atoms with Gasteiger partial charge in [0.15, 0.2) is 11.5 Å². The van der Waals surface area contributed by atoms with E-state index in [1.165, 1.54) is 36.1 Å². The first-order chi connectivity index (χ1) is 13.3. The lowest BCUT2D eigenvalue weighted by Gasteiger charge is -2.10. The van der Waals surface area contributed by atoms with Crippen LogP contribution in [0.4, 0.5) is 0 Å². The largest absolute Gasteiger partial charge is 0.493 e. The van der Waals surface area contributed by atoms with Crippen molar-refractivity contribution in [2.24, 2.45) is 0 Å². The van der Waals surface area contributed by atoms with E-state index < -0.39 is 0 Å². The topological polar surface area (TPSA) is 42.5 Å². The maximum absolute atomic E-state index is 5.35. The number of hydrogen-bond donors (Lipinski definition) is 2. The fraction of sp³-hybridized carbons (Fsp3) is 0.545. The number of hydrogen-bond acceptors (Lipinski definition) is 5. The summed E-state index contributed by atoms with van der Waals surface area (Å²) in [7, 11) is 3.35. The zero-order valence-electron chi connectivity index (χ0n) is 16.8. The molecule has 2 N–H and O–H groups in total.